The number of pyridine rings is 1. The van der Waals surface area contributed by atoms with Gasteiger partial charge in [0.2, 0.25) is 5.91 Å². The van der Waals surface area contributed by atoms with Crippen LogP contribution >= 0.6 is 11.8 Å². The first-order valence-electron chi connectivity index (χ1n) is 5.68. The van der Waals surface area contributed by atoms with Crippen molar-refractivity contribution in [3.63, 3.8) is 0 Å². The van der Waals surface area contributed by atoms with E-state index in [1.165, 1.54) is 11.8 Å². The summed E-state index contributed by atoms with van der Waals surface area (Å²) in [5, 5.41) is 11.9. The number of methoxy groups -OCH3 is 1. The highest BCUT2D eigenvalue weighted by Gasteiger charge is 2.11. The first-order chi connectivity index (χ1) is 8.76. The van der Waals surface area contributed by atoms with Crippen molar-refractivity contribution >= 4 is 17.7 Å². The number of thioether (sulfide) groups is 1. The SMILES string of the molecule is COCCC(CO)NC(=O)CSc1ccncc1. The van der Waals surface area contributed by atoms with E-state index in [0.29, 0.717) is 18.8 Å². The molecule has 0 spiro atoms. The quantitative estimate of drug-likeness (QED) is 0.680. The van der Waals surface area contributed by atoms with E-state index in [4.69, 9.17) is 9.84 Å². The third-order valence-electron chi connectivity index (χ3n) is 2.28. The molecule has 5 nitrogen and oxygen atoms in total. The molecule has 2 N–H and O–H groups in total. The number of aliphatic hydroxyl groups is 1. The zero-order valence-corrected chi connectivity index (χ0v) is 11.2. The Hall–Kier alpha value is -1.11. The molecule has 0 aliphatic rings. The van der Waals surface area contributed by atoms with Gasteiger partial charge in [-0.2, -0.15) is 0 Å². The van der Waals surface area contributed by atoms with E-state index in [0.717, 1.165) is 4.90 Å². The van der Waals surface area contributed by atoms with E-state index in [9.17, 15) is 4.79 Å². The van der Waals surface area contributed by atoms with Crippen LogP contribution in [0.2, 0.25) is 0 Å². The number of aromatic nitrogens is 1. The van der Waals surface area contributed by atoms with Gasteiger partial charge in [-0.05, 0) is 18.6 Å². The monoisotopic (exact) mass is 270 g/mol. The maximum Gasteiger partial charge on any atom is 0.230 e. The fraction of sp³-hybridized carbons (Fsp3) is 0.500. The topological polar surface area (TPSA) is 71.5 Å². The average Bonchev–Trinajstić information content (AvgIpc) is 2.42. The molecule has 0 radical (unpaired) electrons. The van der Waals surface area contributed by atoms with Crippen LogP contribution in [0.25, 0.3) is 0 Å². The molecule has 0 aliphatic carbocycles. The fourth-order valence-electron chi connectivity index (χ4n) is 1.32. The number of rotatable bonds is 8. The highest BCUT2D eigenvalue weighted by molar-refractivity contribution is 8.00. The van der Waals surface area contributed by atoms with Gasteiger partial charge < -0.3 is 15.2 Å². The second-order valence-corrected chi connectivity index (χ2v) is 4.75. The fourth-order valence-corrected chi connectivity index (χ4v) is 2.02. The van der Waals surface area contributed by atoms with Gasteiger partial charge >= 0.3 is 0 Å². The van der Waals surface area contributed by atoms with E-state index < -0.39 is 0 Å². The van der Waals surface area contributed by atoms with Gasteiger partial charge in [-0.25, -0.2) is 0 Å². The normalized spacial score (nSPS) is 12.1. The molecule has 1 heterocycles. The zero-order valence-electron chi connectivity index (χ0n) is 10.3. The van der Waals surface area contributed by atoms with E-state index in [-0.39, 0.29) is 18.6 Å². The minimum absolute atomic E-state index is 0.0744. The zero-order chi connectivity index (χ0) is 13.2. The minimum Gasteiger partial charge on any atom is -0.394 e. The smallest absolute Gasteiger partial charge is 0.230 e. The molecular formula is C12H18N2O3S. The number of amides is 1. The third kappa shape index (κ3) is 6.00. The molecule has 0 saturated heterocycles. The van der Waals surface area contributed by atoms with Crippen molar-refractivity contribution in [2.24, 2.45) is 0 Å². The van der Waals surface area contributed by atoms with Gasteiger partial charge in [-0.15, -0.1) is 11.8 Å². The summed E-state index contributed by atoms with van der Waals surface area (Å²) in [7, 11) is 1.59. The van der Waals surface area contributed by atoms with Gasteiger partial charge in [0.1, 0.15) is 0 Å². The summed E-state index contributed by atoms with van der Waals surface area (Å²) >= 11 is 1.44. The standard InChI is InChI=1S/C12H18N2O3S/c1-17-7-4-10(8-15)14-12(16)9-18-11-2-5-13-6-3-11/h2-3,5-6,10,15H,4,7-9H2,1H3,(H,14,16). The molecule has 1 aromatic heterocycles. The molecule has 1 rings (SSSR count). The van der Waals surface area contributed by atoms with Gasteiger partial charge in [0.15, 0.2) is 0 Å². The Balaban J connectivity index is 2.28. The van der Waals surface area contributed by atoms with Gasteiger partial charge in [-0.3, -0.25) is 9.78 Å². The van der Waals surface area contributed by atoms with E-state index in [1.54, 1.807) is 19.5 Å². The van der Waals surface area contributed by atoms with Crippen LogP contribution in [0, 0.1) is 0 Å². The lowest BCUT2D eigenvalue weighted by Crippen LogP contribution is -2.39. The molecule has 18 heavy (non-hydrogen) atoms. The summed E-state index contributed by atoms with van der Waals surface area (Å²) in [5.74, 6) is 0.236. The number of aliphatic hydroxyl groups excluding tert-OH is 1. The molecule has 1 aromatic rings. The predicted molar refractivity (Wildman–Crippen MR) is 70.5 cm³/mol. The molecule has 0 aliphatic heterocycles. The Morgan fingerprint density at radius 1 is 1.56 bits per heavy atom. The van der Waals surface area contributed by atoms with Crippen LogP contribution in [-0.2, 0) is 9.53 Å². The minimum atomic E-state index is -0.240. The average molecular weight is 270 g/mol. The number of nitrogens with zero attached hydrogens (tertiary/aromatic N) is 1. The van der Waals surface area contributed by atoms with Crippen LogP contribution in [0.1, 0.15) is 6.42 Å². The third-order valence-corrected chi connectivity index (χ3v) is 3.29. The molecule has 0 saturated carbocycles. The van der Waals surface area contributed by atoms with E-state index in [2.05, 4.69) is 10.3 Å². The van der Waals surface area contributed by atoms with Crippen LogP contribution in [-0.4, -0.2) is 48.1 Å². The van der Waals surface area contributed by atoms with Crippen LogP contribution in [0.3, 0.4) is 0 Å². The highest BCUT2D eigenvalue weighted by Crippen LogP contribution is 2.15. The van der Waals surface area contributed by atoms with Gasteiger partial charge in [0, 0.05) is 31.0 Å². The number of hydrogen-bond acceptors (Lipinski definition) is 5. The molecule has 6 heteroatoms. The Labute approximate surface area is 111 Å². The first kappa shape index (κ1) is 14.9. The van der Waals surface area contributed by atoms with Gasteiger partial charge in [-0.1, -0.05) is 0 Å². The number of carbonyl (C=O) groups excluding carboxylic acids is 1. The van der Waals surface area contributed by atoms with E-state index in [1.807, 2.05) is 12.1 Å². The van der Waals surface area contributed by atoms with Crippen LogP contribution < -0.4 is 5.32 Å². The molecule has 0 aromatic carbocycles. The number of carbonyl (C=O) groups is 1. The lowest BCUT2D eigenvalue weighted by molar-refractivity contribution is -0.119. The van der Waals surface area contributed by atoms with Gasteiger partial charge in [0.05, 0.1) is 18.4 Å². The molecule has 1 amide bonds. The maximum atomic E-state index is 11.6. The molecule has 0 fully saturated rings. The second kappa shape index (κ2) is 8.91. The number of ether oxygens (including phenoxy) is 1. The van der Waals surface area contributed by atoms with Crippen molar-refractivity contribution in [2.45, 2.75) is 17.4 Å². The maximum absolute atomic E-state index is 11.6. The van der Waals surface area contributed by atoms with Crippen LogP contribution in [0.15, 0.2) is 29.4 Å². The number of nitrogens with one attached hydrogen (secondary N) is 1. The highest BCUT2D eigenvalue weighted by atomic mass is 32.2. The summed E-state index contributed by atoms with van der Waals surface area (Å²) in [6.45, 7) is 0.442. The summed E-state index contributed by atoms with van der Waals surface area (Å²) in [4.78, 5) is 16.6. The second-order valence-electron chi connectivity index (χ2n) is 3.70. The van der Waals surface area contributed by atoms with Crippen molar-refractivity contribution in [2.75, 3.05) is 26.1 Å². The molecule has 1 atom stereocenters. The van der Waals surface area contributed by atoms with E-state index >= 15 is 0 Å². The number of hydrogen-bond donors (Lipinski definition) is 2. The summed E-state index contributed by atoms with van der Waals surface area (Å²) in [6, 6.07) is 3.47. The summed E-state index contributed by atoms with van der Waals surface area (Å²) in [6.07, 6.45) is 3.99. The lowest BCUT2D eigenvalue weighted by Gasteiger charge is -2.15. The Morgan fingerprint density at radius 2 is 2.28 bits per heavy atom. The first-order valence-corrected chi connectivity index (χ1v) is 6.66. The van der Waals surface area contributed by atoms with Crippen molar-refractivity contribution in [3.05, 3.63) is 24.5 Å². The van der Waals surface area contributed by atoms with Crippen LogP contribution in [0.4, 0.5) is 0 Å². The summed E-state index contributed by atoms with van der Waals surface area (Å²) in [5.41, 5.74) is 0. The molecular weight excluding hydrogens is 252 g/mol. The molecule has 100 valence electrons. The van der Waals surface area contributed by atoms with Crippen LogP contribution in [0.5, 0.6) is 0 Å². The van der Waals surface area contributed by atoms with Crippen molar-refractivity contribution in [3.8, 4) is 0 Å². The van der Waals surface area contributed by atoms with Crippen molar-refractivity contribution < 1.29 is 14.6 Å². The van der Waals surface area contributed by atoms with Gasteiger partial charge in [0.25, 0.3) is 0 Å². The Bertz CT molecular complexity index is 348. The molecule has 0 bridgehead atoms. The predicted octanol–water partition coefficient (Wildman–Crippen LogP) is 0.687. The van der Waals surface area contributed by atoms with Crippen molar-refractivity contribution in [1.82, 2.24) is 10.3 Å². The lowest BCUT2D eigenvalue weighted by atomic mass is 10.2. The van der Waals surface area contributed by atoms with Crippen molar-refractivity contribution in [1.29, 1.82) is 0 Å². The largest absolute Gasteiger partial charge is 0.394 e. The molecule has 1 unspecified atom stereocenters. The Kier molecular flexibility index (Phi) is 7.40. The Morgan fingerprint density at radius 3 is 2.89 bits per heavy atom. The summed E-state index contributed by atoms with van der Waals surface area (Å²) < 4.78 is 4.91.